The molecule has 1 aromatic rings. The second-order valence-corrected chi connectivity index (χ2v) is 5.40. The summed E-state index contributed by atoms with van der Waals surface area (Å²) in [5.74, 6) is 7.28. The summed E-state index contributed by atoms with van der Waals surface area (Å²) in [6.07, 6.45) is 4.68. The SMILES string of the molecule is CCC(C)SCC(NN)c1cncc(OC)c1. The lowest BCUT2D eigenvalue weighted by atomic mass is 10.1. The lowest BCUT2D eigenvalue weighted by Gasteiger charge is -2.18. The number of hydrazine groups is 1. The molecule has 0 saturated carbocycles. The average Bonchev–Trinajstić information content (AvgIpc) is 2.39. The number of nitrogens with two attached hydrogens (primary N) is 1. The van der Waals surface area contributed by atoms with Crippen molar-refractivity contribution in [3.8, 4) is 5.75 Å². The van der Waals surface area contributed by atoms with Gasteiger partial charge in [0.2, 0.25) is 0 Å². The number of methoxy groups -OCH3 is 1. The van der Waals surface area contributed by atoms with Crippen LogP contribution in [0.4, 0.5) is 0 Å². The highest BCUT2D eigenvalue weighted by Crippen LogP contribution is 2.23. The second kappa shape index (κ2) is 7.53. The second-order valence-electron chi connectivity index (χ2n) is 3.93. The molecule has 17 heavy (non-hydrogen) atoms. The van der Waals surface area contributed by atoms with Crippen molar-refractivity contribution in [2.24, 2.45) is 5.84 Å². The largest absolute Gasteiger partial charge is 0.495 e. The number of aromatic nitrogens is 1. The summed E-state index contributed by atoms with van der Waals surface area (Å²) in [5.41, 5.74) is 3.89. The van der Waals surface area contributed by atoms with Gasteiger partial charge in [0.25, 0.3) is 0 Å². The Balaban J connectivity index is 2.65. The van der Waals surface area contributed by atoms with E-state index in [4.69, 9.17) is 10.6 Å². The van der Waals surface area contributed by atoms with Crippen LogP contribution >= 0.6 is 11.8 Å². The van der Waals surface area contributed by atoms with Crippen LogP contribution in [-0.2, 0) is 0 Å². The fraction of sp³-hybridized carbons (Fsp3) is 0.583. The first kappa shape index (κ1) is 14.3. The summed E-state index contributed by atoms with van der Waals surface area (Å²) < 4.78 is 5.16. The normalized spacial score (nSPS) is 14.4. The molecule has 5 heteroatoms. The molecule has 0 aliphatic carbocycles. The summed E-state index contributed by atoms with van der Waals surface area (Å²) in [4.78, 5) is 4.14. The Morgan fingerprint density at radius 1 is 1.53 bits per heavy atom. The van der Waals surface area contributed by atoms with Gasteiger partial charge in [-0.1, -0.05) is 13.8 Å². The molecular formula is C12H21N3OS. The minimum Gasteiger partial charge on any atom is -0.495 e. The highest BCUT2D eigenvalue weighted by Gasteiger charge is 2.12. The first-order valence-electron chi connectivity index (χ1n) is 5.77. The van der Waals surface area contributed by atoms with E-state index in [-0.39, 0.29) is 6.04 Å². The average molecular weight is 255 g/mol. The Bertz CT molecular complexity index is 335. The van der Waals surface area contributed by atoms with Crippen LogP contribution in [0.2, 0.25) is 0 Å². The molecule has 1 rings (SSSR count). The van der Waals surface area contributed by atoms with Crippen LogP contribution in [-0.4, -0.2) is 23.1 Å². The summed E-state index contributed by atoms with van der Waals surface area (Å²) in [6.45, 7) is 4.41. The van der Waals surface area contributed by atoms with Gasteiger partial charge in [0, 0.05) is 17.2 Å². The van der Waals surface area contributed by atoms with Gasteiger partial charge < -0.3 is 4.74 Å². The van der Waals surface area contributed by atoms with Crippen LogP contribution in [0, 0.1) is 0 Å². The molecule has 96 valence electrons. The Morgan fingerprint density at radius 2 is 2.29 bits per heavy atom. The van der Waals surface area contributed by atoms with Crippen molar-refractivity contribution < 1.29 is 4.74 Å². The van der Waals surface area contributed by atoms with E-state index < -0.39 is 0 Å². The molecule has 0 aliphatic heterocycles. The number of hydrogen-bond donors (Lipinski definition) is 2. The maximum atomic E-state index is 5.59. The first-order chi connectivity index (χ1) is 8.21. The number of rotatable bonds is 7. The number of nitrogens with one attached hydrogen (secondary N) is 1. The zero-order valence-electron chi connectivity index (χ0n) is 10.6. The topological polar surface area (TPSA) is 60.2 Å². The Hall–Kier alpha value is -0.780. The van der Waals surface area contributed by atoms with Gasteiger partial charge in [0.1, 0.15) is 5.75 Å². The van der Waals surface area contributed by atoms with Gasteiger partial charge in [-0.3, -0.25) is 16.3 Å². The molecule has 0 aliphatic rings. The number of nitrogens with zero attached hydrogens (tertiary/aromatic N) is 1. The number of thioether (sulfide) groups is 1. The van der Waals surface area contributed by atoms with Crippen LogP contribution in [0.5, 0.6) is 5.75 Å². The fourth-order valence-electron chi connectivity index (χ4n) is 1.36. The number of ether oxygens (including phenoxy) is 1. The minimum absolute atomic E-state index is 0.108. The monoisotopic (exact) mass is 255 g/mol. The number of pyridine rings is 1. The van der Waals surface area contributed by atoms with Crippen molar-refractivity contribution in [2.75, 3.05) is 12.9 Å². The van der Waals surface area contributed by atoms with Crippen LogP contribution < -0.4 is 16.0 Å². The van der Waals surface area contributed by atoms with Gasteiger partial charge >= 0.3 is 0 Å². The molecule has 0 radical (unpaired) electrons. The third kappa shape index (κ3) is 4.53. The Labute approximate surface area is 107 Å². The first-order valence-corrected chi connectivity index (χ1v) is 6.82. The lowest BCUT2D eigenvalue weighted by molar-refractivity contribution is 0.411. The zero-order valence-corrected chi connectivity index (χ0v) is 11.5. The van der Waals surface area contributed by atoms with E-state index in [0.29, 0.717) is 5.25 Å². The molecule has 0 fully saturated rings. The molecule has 3 N–H and O–H groups in total. The van der Waals surface area contributed by atoms with Gasteiger partial charge in [-0.2, -0.15) is 11.8 Å². The lowest BCUT2D eigenvalue weighted by Crippen LogP contribution is -2.30. The van der Waals surface area contributed by atoms with Crippen molar-refractivity contribution in [3.05, 3.63) is 24.0 Å². The van der Waals surface area contributed by atoms with Crippen LogP contribution in [0.3, 0.4) is 0 Å². The maximum Gasteiger partial charge on any atom is 0.137 e. The highest BCUT2D eigenvalue weighted by atomic mass is 32.2. The van der Waals surface area contributed by atoms with Gasteiger partial charge in [0.15, 0.2) is 0 Å². The van der Waals surface area contributed by atoms with Crippen molar-refractivity contribution in [1.82, 2.24) is 10.4 Å². The molecule has 2 atom stereocenters. The van der Waals surface area contributed by atoms with E-state index in [2.05, 4.69) is 24.3 Å². The predicted octanol–water partition coefficient (Wildman–Crippen LogP) is 2.13. The molecule has 2 unspecified atom stereocenters. The van der Waals surface area contributed by atoms with E-state index in [9.17, 15) is 0 Å². The molecule has 0 saturated heterocycles. The van der Waals surface area contributed by atoms with Crippen LogP contribution in [0.25, 0.3) is 0 Å². The van der Waals surface area contributed by atoms with Crippen molar-refractivity contribution in [3.63, 3.8) is 0 Å². The van der Waals surface area contributed by atoms with E-state index >= 15 is 0 Å². The number of hydrogen-bond acceptors (Lipinski definition) is 5. The van der Waals surface area contributed by atoms with Crippen LogP contribution in [0.1, 0.15) is 31.9 Å². The quantitative estimate of drug-likeness (QED) is 0.577. The van der Waals surface area contributed by atoms with E-state index in [1.807, 2.05) is 24.0 Å². The fourth-order valence-corrected chi connectivity index (χ4v) is 2.40. The van der Waals surface area contributed by atoms with Crippen LogP contribution in [0.15, 0.2) is 18.5 Å². The Kier molecular flexibility index (Phi) is 6.32. The summed E-state index contributed by atoms with van der Waals surface area (Å²) in [6, 6.07) is 2.07. The smallest absolute Gasteiger partial charge is 0.137 e. The van der Waals surface area contributed by atoms with E-state index in [1.165, 1.54) is 0 Å². The molecule has 0 spiro atoms. The minimum atomic E-state index is 0.108. The Morgan fingerprint density at radius 3 is 2.88 bits per heavy atom. The third-order valence-corrected chi connectivity index (χ3v) is 4.12. The predicted molar refractivity (Wildman–Crippen MR) is 73.1 cm³/mol. The molecule has 0 bridgehead atoms. The van der Waals surface area contributed by atoms with Gasteiger partial charge in [-0.25, -0.2) is 0 Å². The van der Waals surface area contributed by atoms with Gasteiger partial charge in [-0.05, 0) is 18.1 Å². The molecule has 1 aromatic heterocycles. The van der Waals surface area contributed by atoms with Gasteiger partial charge in [0.05, 0.1) is 19.3 Å². The third-order valence-electron chi connectivity index (χ3n) is 2.70. The summed E-state index contributed by atoms with van der Waals surface area (Å²) in [7, 11) is 1.64. The van der Waals surface area contributed by atoms with E-state index in [1.54, 1.807) is 13.3 Å². The molecule has 1 heterocycles. The zero-order chi connectivity index (χ0) is 12.7. The molecule has 0 amide bonds. The maximum absolute atomic E-state index is 5.59. The standard InChI is InChI=1S/C12H21N3OS/c1-4-9(2)17-8-12(15-13)10-5-11(16-3)7-14-6-10/h5-7,9,12,15H,4,8,13H2,1-3H3. The van der Waals surface area contributed by atoms with Crippen molar-refractivity contribution in [1.29, 1.82) is 0 Å². The van der Waals surface area contributed by atoms with Crippen molar-refractivity contribution in [2.45, 2.75) is 31.6 Å². The van der Waals surface area contributed by atoms with Gasteiger partial charge in [-0.15, -0.1) is 0 Å². The molecule has 0 aromatic carbocycles. The van der Waals surface area contributed by atoms with Crippen molar-refractivity contribution >= 4 is 11.8 Å². The molecular weight excluding hydrogens is 234 g/mol. The summed E-state index contributed by atoms with van der Waals surface area (Å²) >= 11 is 1.91. The van der Waals surface area contributed by atoms with E-state index in [0.717, 1.165) is 23.5 Å². The molecule has 4 nitrogen and oxygen atoms in total. The highest BCUT2D eigenvalue weighted by molar-refractivity contribution is 7.99. The summed E-state index contributed by atoms with van der Waals surface area (Å²) in [5, 5.41) is 0.643.